The lowest BCUT2D eigenvalue weighted by Gasteiger charge is -2.03. The van der Waals surface area contributed by atoms with Gasteiger partial charge in [-0.05, 0) is 13.8 Å². The van der Waals surface area contributed by atoms with Crippen LogP contribution in [0.5, 0.6) is 0 Å². The van der Waals surface area contributed by atoms with Gasteiger partial charge in [-0.2, -0.15) is 5.10 Å². The van der Waals surface area contributed by atoms with E-state index >= 15 is 0 Å². The largest absolute Gasteiger partial charge is 0.320 e. The monoisotopic (exact) mass is 168 g/mol. The maximum absolute atomic E-state index is 11.0. The van der Waals surface area contributed by atoms with Crippen molar-refractivity contribution >= 4 is 11.7 Å². The maximum Gasteiger partial charge on any atom is 0.242 e. The van der Waals surface area contributed by atoms with E-state index in [1.54, 1.807) is 13.0 Å². The molecule has 0 radical (unpaired) electrons. The number of anilines is 1. The first-order valence-corrected chi connectivity index (χ1v) is 3.68. The zero-order chi connectivity index (χ0) is 9.14. The van der Waals surface area contributed by atoms with E-state index < -0.39 is 6.04 Å². The van der Waals surface area contributed by atoms with Gasteiger partial charge in [0.2, 0.25) is 5.91 Å². The number of hydrogen-bond acceptors (Lipinski definition) is 3. The highest BCUT2D eigenvalue weighted by molar-refractivity contribution is 5.93. The van der Waals surface area contributed by atoms with Crippen molar-refractivity contribution in [3.05, 3.63) is 11.8 Å². The molecule has 12 heavy (non-hydrogen) atoms. The fourth-order valence-corrected chi connectivity index (χ4v) is 0.722. The number of amides is 1. The maximum atomic E-state index is 11.0. The summed E-state index contributed by atoms with van der Waals surface area (Å²) >= 11 is 0. The molecular weight excluding hydrogens is 156 g/mol. The van der Waals surface area contributed by atoms with Crippen LogP contribution in [0.2, 0.25) is 0 Å². The average molecular weight is 168 g/mol. The van der Waals surface area contributed by atoms with Gasteiger partial charge in [-0.15, -0.1) is 0 Å². The van der Waals surface area contributed by atoms with E-state index in [0.717, 1.165) is 5.69 Å². The Hall–Kier alpha value is -1.36. The molecule has 0 aromatic carbocycles. The van der Waals surface area contributed by atoms with E-state index in [9.17, 15) is 4.79 Å². The first-order valence-electron chi connectivity index (χ1n) is 3.68. The van der Waals surface area contributed by atoms with Gasteiger partial charge in [0.15, 0.2) is 5.82 Å². The van der Waals surface area contributed by atoms with E-state index in [4.69, 9.17) is 5.73 Å². The summed E-state index contributed by atoms with van der Waals surface area (Å²) in [6.45, 7) is 3.48. The van der Waals surface area contributed by atoms with Crippen LogP contribution in [0.3, 0.4) is 0 Å². The van der Waals surface area contributed by atoms with Gasteiger partial charge < -0.3 is 11.1 Å². The lowest BCUT2D eigenvalue weighted by Crippen LogP contribution is -2.32. The summed E-state index contributed by atoms with van der Waals surface area (Å²) in [6.07, 6.45) is 0. The van der Waals surface area contributed by atoms with Gasteiger partial charge in [0.05, 0.1) is 6.04 Å². The Kier molecular flexibility index (Phi) is 2.44. The van der Waals surface area contributed by atoms with Crippen molar-refractivity contribution in [2.24, 2.45) is 5.73 Å². The Balaban J connectivity index is 2.58. The van der Waals surface area contributed by atoms with E-state index in [1.807, 2.05) is 6.92 Å². The Labute approximate surface area is 70.3 Å². The minimum Gasteiger partial charge on any atom is -0.320 e. The number of carbonyl (C=O) groups is 1. The first-order chi connectivity index (χ1) is 5.59. The zero-order valence-corrected chi connectivity index (χ0v) is 7.09. The molecule has 0 aliphatic carbocycles. The van der Waals surface area contributed by atoms with Gasteiger partial charge in [-0.1, -0.05) is 0 Å². The van der Waals surface area contributed by atoms with Gasteiger partial charge in [0, 0.05) is 11.8 Å². The highest BCUT2D eigenvalue weighted by atomic mass is 16.2. The second-order valence-corrected chi connectivity index (χ2v) is 2.71. The van der Waals surface area contributed by atoms with Crippen LogP contribution in [0.4, 0.5) is 5.82 Å². The second-order valence-electron chi connectivity index (χ2n) is 2.71. The number of aryl methyl sites for hydroxylation is 1. The third kappa shape index (κ3) is 2.06. The summed E-state index contributed by atoms with van der Waals surface area (Å²) in [7, 11) is 0. The highest BCUT2D eigenvalue weighted by Gasteiger charge is 2.08. The molecule has 1 aromatic heterocycles. The number of H-pyrrole nitrogens is 1. The van der Waals surface area contributed by atoms with Crippen molar-refractivity contribution in [2.75, 3.05) is 5.32 Å². The van der Waals surface area contributed by atoms with Crippen molar-refractivity contribution in [3.8, 4) is 0 Å². The molecule has 0 bridgehead atoms. The molecule has 1 rings (SSSR count). The SMILES string of the molecule is Cc1cc(NC(=O)[C@@H](C)N)n[nH]1. The van der Waals surface area contributed by atoms with Crippen LogP contribution < -0.4 is 11.1 Å². The summed E-state index contributed by atoms with van der Waals surface area (Å²) in [4.78, 5) is 11.0. The highest BCUT2D eigenvalue weighted by Crippen LogP contribution is 2.03. The minimum absolute atomic E-state index is 0.235. The quantitative estimate of drug-likeness (QED) is 0.581. The number of aromatic amines is 1. The number of rotatable bonds is 2. The van der Waals surface area contributed by atoms with Crippen LogP contribution in [0, 0.1) is 6.92 Å². The predicted octanol–water partition coefficient (Wildman–Crippen LogP) is 0.00382. The topological polar surface area (TPSA) is 83.8 Å². The molecule has 0 unspecified atom stereocenters. The lowest BCUT2D eigenvalue weighted by molar-refractivity contribution is -0.117. The molecular formula is C7H12N4O. The van der Waals surface area contributed by atoms with Gasteiger partial charge in [-0.3, -0.25) is 9.89 Å². The van der Waals surface area contributed by atoms with Crippen molar-refractivity contribution in [3.63, 3.8) is 0 Å². The van der Waals surface area contributed by atoms with Crippen LogP contribution in [-0.2, 0) is 4.79 Å². The Bertz CT molecular complexity index is 279. The second kappa shape index (κ2) is 3.36. The normalized spacial score (nSPS) is 12.6. The fourth-order valence-electron chi connectivity index (χ4n) is 0.722. The minimum atomic E-state index is -0.512. The smallest absolute Gasteiger partial charge is 0.242 e. The van der Waals surface area contributed by atoms with Crippen LogP contribution in [0.25, 0.3) is 0 Å². The molecule has 0 saturated carbocycles. The zero-order valence-electron chi connectivity index (χ0n) is 7.09. The Morgan fingerprint density at radius 3 is 2.92 bits per heavy atom. The van der Waals surface area contributed by atoms with Crippen molar-refractivity contribution in [1.29, 1.82) is 0 Å². The predicted molar refractivity (Wildman–Crippen MR) is 45.6 cm³/mol. The van der Waals surface area contributed by atoms with Crippen LogP contribution in [-0.4, -0.2) is 22.1 Å². The van der Waals surface area contributed by atoms with E-state index in [1.165, 1.54) is 0 Å². The van der Waals surface area contributed by atoms with E-state index in [2.05, 4.69) is 15.5 Å². The summed E-state index contributed by atoms with van der Waals surface area (Å²) < 4.78 is 0. The molecule has 0 saturated heterocycles. The summed E-state index contributed by atoms with van der Waals surface area (Å²) in [5.74, 6) is 0.274. The molecule has 5 nitrogen and oxygen atoms in total. The summed E-state index contributed by atoms with van der Waals surface area (Å²) in [5, 5.41) is 9.09. The third-order valence-corrected chi connectivity index (χ3v) is 1.37. The van der Waals surface area contributed by atoms with Crippen molar-refractivity contribution in [1.82, 2.24) is 10.2 Å². The number of aromatic nitrogens is 2. The Morgan fingerprint density at radius 1 is 1.83 bits per heavy atom. The van der Waals surface area contributed by atoms with Gasteiger partial charge in [0.25, 0.3) is 0 Å². The van der Waals surface area contributed by atoms with Gasteiger partial charge in [0.1, 0.15) is 0 Å². The molecule has 1 amide bonds. The van der Waals surface area contributed by atoms with E-state index in [0.29, 0.717) is 5.82 Å². The van der Waals surface area contributed by atoms with Gasteiger partial charge in [-0.25, -0.2) is 0 Å². The molecule has 1 aromatic rings. The Morgan fingerprint density at radius 2 is 2.50 bits per heavy atom. The molecule has 0 spiro atoms. The summed E-state index contributed by atoms with van der Waals surface area (Å²) in [5.41, 5.74) is 6.24. The van der Waals surface area contributed by atoms with Gasteiger partial charge >= 0.3 is 0 Å². The summed E-state index contributed by atoms with van der Waals surface area (Å²) in [6, 6.07) is 1.22. The molecule has 5 heteroatoms. The van der Waals surface area contributed by atoms with Crippen molar-refractivity contribution in [2.45, 2.75) is 19.9 Å². The number of carbonyl (C=O) groups excluding carboxylic acids is 1. The molecule has 0 aliphatic heterocycles. The van der Waals surface area contributed by atoms with Crippen LogP contribution >= 0.6 is 0 Å². The van der Waals surface area contributed by atoms with Crippen LogP contribution in [0.1, 0.15) is 12.6 Å². The average Bonchev–Trinajstić information content (AvgIpc) is 2.35. The first kappa shape index (κ1) is 8.73. The van der Waals surface area contributed by atoms with Crippen LogP contribution in [0.15, 0.2) is 6.07 Å². The number of nitrogens with zero attached hydrogens (tertiary/aromatic N) is 1. The molecule has 66 valence electrons. The fraction of sp³-hybridized carbons (Fsp3) is 0.429. The lowest BCUT2D eigenvalue weighted by atomic mass is 10.3. The number of nitrogens with two attached hydrogens (primary N) is 1. The standard InChI is InChI=1S/C7H12N4O/c1-4-3-6(11-10-4)9-7(12)5(2)8/h3,5H,8H2,1-2H3,(H2,9,10,11,12)/t5-/m1/s1. The molecule has 1 heterocycles. The molecule has 0 aliphatic rings. The molecule has 4 N–H and O–H groups in total. The molecule has 0 fully saturated rings. The van der Waals surface area contributed by atoms with E-state index in [-0.39, 0.29) is 5.91 Å². The molecule has 1 atom stereocenters. The number of hydrogen-bond donors (Lipinski definition) is 3. The third-order valence-electron chi connectivity index (χ3n) is 1.37. The van der Waals surface area contributed by atoms with Crippen molar-refractivity contribution < 1.29 is 4.79 Å². The number of nitrogens with one attached hydrogen (secondary N) is 2.